The van der Waals surface area contributed by atoms with E-state index in [-0.39, 0.29) is 17.2 Å². The molecule has 0 aliphatic carbocycles. The Morgan fingerprint density at radius 2 is 1.60 bits per heavy atom. The molecule has 0 amide bonds. The van der Waals surface area contributed by atoms with Crippen LogP contribution in [0.2, 0.25) is 0 Å². The molecule has 1 N–H and O–H groups in total. The van der Waals surface area contributed by atoms with Crippen LogP contribution in [0.5, 0.6) is 0 Å². The first kappa shape index (κ1) is 14.9. The van der Waals surface area contributed by atoms with Gasteiger partial charge in [0.1, 0.15) is 0 Å². The summed E-state index contributed by atoms with van der Waals surface area (Å²) >= 11 is 0. The Hall–Kier alpha value is -1.50. The zero-order chi connectivity index (χ0) is 14.4. The highest BCUT2D eigenvalue weighted by Crippen LogP contribution is 2.13. The van der Waals surface area contributed by atoms with Gasteiger partial charge >= 0.3 is 0 Å². The lowest BCUT2D eigenvalue weighted by Gasteiger charge is -2.34. The van der Waals surface area contributed by atoms with Crippen molar-refractivity contribution in [2.45, 2.75) is 6.42 Å². The van der Waals surface area contributed by atoms with Crippen LogP contribution in [0.25, 0.3) is 0 Å². The van der Waals surface area contributed by atoms with E-state index in [4.69, 9.17) is 5.11 Å². The number of hydrogen-bond acceptors (Lipinski definition) is 5. The summed E-state index contributed by atoms with van der Waals surface area (Å²) in [7, 11) is 0. The van der Waals surface area contributed by atoms with Crippen LogP contribution in [0.4, 0.5) is 5.69 Å². The van der Waals surface area contributed by atoms with Crippen molar-refractivity contribution >= 4 is 5.69 Å². The van der Waals surface area contributed by atoms with Gasteiger partial charge in [-0.3, -0.25) is 15.0 Å². The fourth-order valence-electron chi connectivity index (χ4n) is 2.45. The van der Waals surface area contributed by atoms with Gasteiger partial charge in [-0.05, 0) is 12.0 Å². The molecule has 110 valence electrons. The summed E-state index contributed by atoms with van der Waals surface area (Å²) in [4.78, 5) is 14.9. The Labute approximate surface area is 118 Å². The number of nitro groups is 1. The zero-order valence-corrected chi connectivity index (χ0v) is 11.6. The standard InChI is InChI=1S/C14H21N3O3/c18-12-11-16-9-7-15(8-10-16)6-5-13-1-3-14(4-2-13)17(19)20/h1-4,18H,5-12H2. The third kappa shape index (κ3) is 4.26. The molecular weight excluding hydrogens is 258 g/mol. The number of nitro benzene ring substituents is 1. The maximum absolute atomic E-state index is 10.6. The van der Waals surface area contributed by atoms with Gasteiger partial charge in [-0.2, -0.15) is 0 Å². The van der Waals surface area contributed by atoms with Crippen LogP contribution in [-0.4, -0.2) is 65.7 Å². The molecule has 0 unspecified atom stereocenters. The van der Waals surface area contributed by atoms with Gasteiger partial charge in [0.25, 0.3) is 5.69 Å². The van der Waals surface area contributed by atoms with Crippen LogP contribution >= 0.6 is 0 Å². The minimum absolute atomic E-state index is 0.145. The monoisotopic (exact) mass is 279 g/mol. The summed E-state index contributed by atoms with van der Waals surface area (Å²) in [5, 5.41) is 19.5. The highest BCUT2D eigenvalue weighted by molar-refractivity contribution is 5.32. The van der Waals surface area contributed by atoms with E-state index >= 15 is 0 Å². The number of β-amino-alcohol motifs (C(OH)–C–C–N with tert-alkyl or cyclic N) is 1. The van der Waals surface area contributed by atoms with E-state index in [9.17, 15) is 10.1 Å². The van der Waals surface area contributed by atoms with Crippen molar-refractivity contribution in [2.24, 2.45) is 0 Å². The molecule has 2 rings (SSSR count). The van der Waals surface area contributed by atoms with Crippen molar-refractivity contribution in [3.05, 3.63) is 39.9 Å². The van der Waals surface area contributed by atoms with Crippen LogP contribution in [0.1, 0.15) is 5.56 Å². The molecule has 1 fully saturated rings. The molecule has 1 aliphatic heterocycles. The third-order valence-corrected chi connectivity index (χ3v) is 3.75. The molecule has 1 aliphatic rings. The molecule has 0 spiro atoms. The van der Waals surface area contributed by atoms with Crippen molar-refractivity contribution in [3.63, 3.8) is 0 Å². The molecule has 1 saturated heterocycles. The molecule has 0 saturated carbocycles. The SMILES string of the molecule is O=[N+]([O-])c1ccc(CCN2CCN(CCO)CC2)cc1. The molecule has 1 aromatic rings. The molecule has 1 heterocycles. The second-order valence-corrected chi connectivity index (χ2v) is 5.08. The molecule has 6 heteroatoms. The van der Waals surface area contributed by atoms with Crippen molar-refractivity contribution < 1.29 is 10.0 Å². The molecule has 0 aromatic heterocycles. The normalized spacial score (nSPS) is 17.2. The van der Waals surface area contributed by atoms with Gasteiger partial charge in [-0.15, -0.1) is 0 Å². The average molecular weight is 279 g/mol. The van der Waals surface area contributed by atoms with Gasteiger partial charge in [-0.25, -0.2) is 0 Å². The van der Waals surface area contributed by atoms with Gasteiger partial charge < -0.3 is 10.0 Å². The van der Waals surface area contributed by atoms with E-state index in [1.165, 1.54) is 0 Å². The van der Waals surface area contributed by atoms with Crippen molar-refractivity contribution in [3.8, 4) is 0 Å². The fraction of sp³-hybridized carbons (Fsp3) is 0.571. The highest BCUT2D eigenvalue weighted by atomic mass is 16.6. The van der Waals surface area contributed by atoms with Gasteiger partial charge in [-0.1, -0.05) is 12.1 Å². The quantitative estimate of drug-likeness (QED) is 0.614. The molecular formula is C14H21N3O3. The Bertz CT molecular complexity index is 428. The maximum Gasteiger partial charge on any atom is 0.269 e. The smallest absolute Gasteiger partial charge is 0.269 e. The lowest BCUT2D eigenvalue weighted by atomic mass is 10.1. The fourth-order valence-corrected chi connectivity index (χ4v) is 2.45. The number of hydrogen-bond donors (Lipinski definition) is 1. The van der Waals surface area contributed by atoms with Crippen LogP contribution in [0.3, 0.4) is 0 Å². The number of aliphatic hydroxyl groups excluding tert-OH is 1. The summed E-state index contributed by atoms with van der Waals surface area (Å²) in [6.45, 7) is 6.01. The Balaban J connectivity index is 1.74. The molecule has 6 nitrogen and oxygen atoms in total. The largest absolute Gasteiger partial charge is 0.395 e. The lowest BCUT2D eigenvalue weighted by molar-refractivity contribution is -0.384. The summed E-state index contributed by atoms with van der Waals surface area (Å²) < 4.78 is 0. The first-order chi connectivity index (χ1) is 9.69. The van der Waals surface area contributed by atoms with Crippen molar-refractivity contribution in [2.75, 3.05) is 45.9 Å². The first-order valence-electron chi connectivity index (χ1n) is 6.98. The molecule has 0 bridgehead atoms. The predicted octanol–water partition coefficient (Wildman–Crippen LogP) is 0.747. The first-order valence-corrected chi connectivity index (χ1v) is 6.98. The van der Waals surface area contributed by atoms with E-state index < -0.39 is 0 Å². The number of rotatable bonds is 6. The summed E-state index contributed by atoms with van der Waals surface area (Å²) in [6, 6.07) is 6.79. The topological polar surface area (TPSA) is 69.9 Å². The van der Waals surface area contributed by atoms with Gasteiger partial charge in [0.15, 0.2) is 0 Å². The number of non-ortho nitro benzene ring substituents is 1. The van der Waals surface area contributed by atoms with E-state index in [1.54, 1.807) is 12.1 Å². The maximum atomic E-state index is 10.6. The second kappa shape index (κ2) is 7.33. The molecule has 20 heavy (non-hydrogen) atoms. The van der Waals surface area contributed by atoms with Crippen molar-refractivity contribution in [1.82, 2.24) is 9.80 Å². The number of aliphatic hydroxyl groups is 1. The Morgan fingerprint density at radius 3 is 2.10 bits per heavy atom. The lowest BCUT2D eigenvalue weighted by Crippen LogP contribution is -2.47. The second-order valence-electron chi connectivity index (χ2n) is 5.08. The number of nitrogens with zero attached hydrogens (tertiary/aromatic N) is 3. The Kier molecular flexibility index (Phi) is 5.46. The van der Waals surface area contributed by atoms with Crippen LogP contribution < -0.4 is 0 Å². The Morgan fingerprint density at radius 1 is 1.05 bits per heavy atom. The van der Waals surface area contributed by atoms with E-state index in [0.29, 0.717) is 0 Å². The summed E-state index contributed by atoms with van der Waals surface area (Å²) in [6.07, 6.45) is 0.915. The zero-order valence-electron chi connectivity index (χ0n) is 11.6. The van der Waals surface area contributed by atoms with Crippen LogP contribution in [0.15, 0.2) is 24.3 Å². The molecule has 0 radical (unpaired) electrons. The van der Waals surface area contributed by atoms with Crippen LogP contribution in [0, 0.1) is 10.1 Å². The van der Waals surface area contributed by atoms with E-state index in [2.05, 4.69) is 9.80 Å². The minimum Gasteiger partial charge on any atom is -0.395 e. The van der Waals surface area contributed by atoms with Gasteiger partial charge in [0.05, 0.1) is 11.5 Å². The molecule has 1 aromatic carbocycles. The minimum atomic E-state index is -0.371. The highest BCUT2D eigenvalue weighted by Gasteiger charge is 2.15. The third-order valence-electron chi connectivity index (χ3n) is 3.75. The predicted molar refractivity (Wildman–Crippen MR) is 76.8 cm³/mol. The average Bonchev–Trinajstić information content (AvgIpc) is 2.47. The van der Waals surface area contributed by atoms with E-state index in [0.717, 1.165) is 51.3 Å². The summed E-state index contributed by atoms with van der Waals surface area (Å²) in [5.74, 6) is 0. The van der Waals surface area contributed by atoms with Crippen LogP contribution in [-0.2, 0) is 6.42 Å². The number of piperazine rings is 1. The molecule has 0 atom stereocenters. The number of benzene rings is 1. The van der Waals surface area contributed by atoms with Gasteiger partial charge in [0.2, 0.25) is 0 Å². The van der Waals surface area contributed by atoms with Crippen molar-refractivity contribution in [1.29, 1.82) is 0 Å². The summed E-state index contributed by atoms with van der Waals surface area (Å²) in [5.41, 5.74) is 1.28. The van der Waals surface area contributed by atoms with Gasteiger partial charge in [0, 0.05) is 51.4 Å². The van der Waals surface area contributed by atoms with E-state index in [1.807, 2.05) is 12.1 Å².